The first kappa shape index (κ1) is 11.5. The van der Waals surface area contributed by atoms with Crippen molar-refractivity contribution in [3.63, 3.8) is 0 Å². The zero-order valence-corrected chi connectivity index (χ0v) is 9.07. The van der Waals surface area contributed by atoms with Crippen molar-refractivity contribution in [2.24, 2.45) is 0 Å². The number of nitrogens with zero attached hydrogens (tertiary/aromatic N) is 2. The lowest BCUT2D eigenvalue weighted by atomic mass is 10.3. The molecule has 15 heavy (non-hydrogen) atoms. The van der Waals surface area contributed by atoms with Crippen LogP contribution >= 0.6 is 0 Å². The quantitative estimate of drug-likeness (QED) is 0.714. The summed E-state index contributed by atoms with van der Waals surface area (Å²) in [6, 6.07) is 0. The molecular formula is C11H17N3O. The summed E-state index contributed by atoms with van der Waals surface area (Å²) in [5, 5.41) is 2.85. The molecule has 0 bridgehead atoms. The van der Waals surface area contributed by atoms with Crippen LogP contribution < -0.4 is 5.32 Å². The van der Waals surface area contributed by atoms with Gasteiger partial charge in [-0.05, 0) is 13.3 Å². The average Bonchev–Trinajstić information content (AvgIpc) is 2.61. The van der Waals surface area contributed by atoms with E-state index in [4.69, 9.17) is 0 Å². The number of aryl methyl sites for hydroxylation is 1. The maximum Gasteiger partial charge on any atom is 0.220 e. The normalized spacial score (nSPS) is 9.93. The van der Waals surface area contributed by atoms with E-state index in [2.05, 4.69) is 16.9 Å². The van der Waals surface area contributed by atoms with Gasteiger partial charge < -0.3 is 9.88 Å². The second-order valence-corrected chi connectivity index (χ2v) is 3.35. The minimum Gasteiger partial charge on any atom is -0.354 e. The predicted octanol–water partition coefficient (Wildman–Crippen LogP) is 1.27. The van der Waals surface area contributed by atoms with Crippen LogP contribution in [0.1, 0.15) is 18.7 Å². The SMILES string of the molecule is C=CCCC(=O)NCCn1ccnc1C. The van der Waals surface area contributed by atoms with Crippen LogP contribution in [0.25, 0.3) is 0 Å². The molecule has 1 aromatic heterocycles. The van der Waals surface area contributed by atoms with Crippen molar-refractivity contribution in [1.29, 1.82) is 0 Å². The highest BCUT2D eigenvalue weighted by Crippen LogP contribution is 1.94. The first-order valence-electron chi connectivity index (χ1n) is 5.09. The van der Waals surface area contributed by atoms with Gasteiger partial charge in [0.15, 0.2) is 0 Å². The number of carbonyl (C=O) groups excluding carboxylic acids is 1. The number of aromatic nitrogens is 2. The third kappa shape index (κ3) is 3.97. The summed E-state index contributed by atoms with van der Waals surface area (Å²) < 4.78 is 2.01. The lowest BCUT2D eigenvalue weighted by molar-refractivity contribution is -0.121. The van der Waals surface area contributed by atoms with Crippen molar-refractivity contribution in [3.05, 3.63) is 30.9 Å². The number of hydrogen-bond acceptors (Lipinski definition) is 2. The molecule has 1 heterocycles. The Kier molecular flexibility index (Phi) is 4.60. The molecule has 1 rings (SSSR count). The Labute approximate surface area is 90.0 Å². The van der Waals surface area contributed by atoms with Gasteiger partial charge in [-0.25, -0.2) is 4.98 Å². The van der Waals surface area contributed by atoms with Gasteiger partial charge in [-0.1, -0.05) is 6.08 Å². The largest absolute Gasteiger partial charge is 0.354 e. The predicted molar refractivity (Wildman–Crippen MR) is 59.4 cm³/mol. The highest BCUT2D eigenvalue weighted by atomic mass is 16.1. The van der Waals surface area contributed by atoms with Gasteiger partial charge in [0.1, 0.15) is 5.82 Å². The Bertz CT molecular complexity index is 330. The number of nitrogens with one attached hydrogen (secondary N) is 1. The van der Waals surface area contributed by atoms with Gasteiger partial charge in [-0.2, -0.15) is 0 Å². The van der Waals surface area contributed by atoms with Gasteiger partial charge in [0, 0.05) is 31.9 Å². The van der Waals surface area contributed by atoms with E-state index < -0.39 is 0 Å². The van der Waals surface area contributed by atoms with E-state index >= 15 is 0 Å². The zero-order chi connectivity index (χ0) is 11.1. The molecule has 82 valence electrons. The molecule has 1 N–H and O–H groups in total. The molecule has 0 saturated carbocycles. The number of amides is 1. The molecular weight excluding hydrogens is 190 g/mol. The van der Waals surface area contributed by atoms with Crippen LogP contribution in [0.3, 0.4) is 0 Å². The fraction of sp³-hybridized carbons (Fsp3) is 0.455. The smallest absolute Gasteiger partial charge is 0.220 e. The molecule has 4 nitrogen and oxygen atoms in total. The van der Waals surface area contributed by atoms with Crippen LogP contribution in [0.2, 0.25) is 0 Å². The van der Waals surface area contributed by atoms with E-state index in [1.165, 1.54) is 0 Å². The van der Waals surface area contributed by atoms with Gasteiger partial charge >= 0.3 is 0 Å². The second kappa shape index (κ2) is 6.01. The third-order valence-electron chi connectivity index (χ3n) is 2.17. The van der Waals surface area contributed by atoms with Gasteiger partial charge in [0.25, 0.3) is 0 Å². The molecule has 0 aliphatic rings. The Hall–Kier alpha value is -1.58. The maximum absolute atomic E-state index is 11.2. The summed E-state index contributed by atoms with van der Waals surface area (Å²) in [6.45, 7) is 6.93. The van der Waals surface area contributed by atoms with Crippen LogP contribution in [-0.2, 0) is 11.3 Å². The van der Waals surface area contributed by atoms with Crippen LogP contribution in [0, 0.1) is 6.92 Å². The van der Waals surface area contributed by atoms with Crippen LogP contribution in [0.5, 0.6) is 0 Å². The number of hydrogen-bond donors (Lipinski definition) is 1. The lowest BCUT2D eigenvalue weighted by Crippen LogP contribution is -2.26. The Morgan fingerprint density at radius 2 is 2.53 bits per heavy atom. The van der Waals surface area contributed by atoms with E-state index in [0.717, 1.165) is 18.8 Å². The molecule has 0 saturated heterocycles. The van der Waals surface area contributed by atoms with Crippen molar-refractivity contribution in [1.82, 2.24) is 14.9 Å². The highest BCUT2D eigenvalue weighted by Gasteiger charge is 1.99. The number of rotatable bonds is 6. The van der Waals surface area contributed by atoms with Crippen LogP contribution in [0.15, 0.2) is 25.0 Å². The summed E-state index contributed by atoms with van der Waals surface area (Å²) in [6.07, 6.45) is 6.67. The molecule has 0 spiro atoms. The molecule has 0 aliphatic carbocycles. The van der Waals surface area contributed by atoms with Crippen LogP contribution in [-0.4, -0.2) is 22.0 Å². The van der Waals surface area contributed by atoms with E-state index in [1.54, 1.807) is 12.3 Å². The molecule has 1 amide bonds. The van der Waals surface area contributed by atoms with E-state index in [9.17, 15) is 4.79 Å². The zero-order valence-electron chi connectivity index (χ0n) is 9.07. The molecule has 0 atom stereocenters. The van der Waals surface area contributed by atoms with Gasteiger partial charge in [0.05, 0.1) is 0 Å². The Morgan fingerprint density at radius 1 is 1.73 bits per heavy atom. The van der Waals surface area contributed by atoms with Crippen molar-refractivity contribution in [2.45, 2.75) is 26.3 Å². The number of allylic oxidation sites excluding steroid dienone is 1. The second-order valence-electron chi connectivity index (χ2n) is 3.35. The topological polar surface area (TPSA) is 46.9 Å². The summed E-state index contributed by atoms with van der Waals surface area (Å²) in [5.74, 6) is 1.04. The van der Waals surface area contributed by atoms with Crippen LogP contribution in [0.4, 0.5) is 0 Å². The fourth-order valence-corrected chi connectivity index (χ4v) is 1.28. The Balaban J connectivity index is 2.19. The average molecular weight is 207 g/mol. The number of imidazole rings is 1. The summed E-state index contributed by atoms with van der Waals surface area (Å²) in [5.41, 5.74) is 0. The first-order valence-corrected chi connectivity index (χ1v) is 5.09. The molecule has 0 aliphatic heterocycles. The maximum atomic E-state index is 11.2. The molecule has 4 heteroatoms. The molecule has 1 aromatic rings. The third-order valence-corrected chi connectivity index (χ3v) is 2.17. The fourth-order valence-electron chi connectivity index (χ4n) is 1.28. The lowest BCUT2D eigenvalue weighted by Gasteiger charge is -2.06. The minimum absolute atomic E-state index is 0.0765. The summed E-state index contributed by atoms with van der Waals surface area (Å²) in [7, 11) is 0. The van der Waals surface area contributed by atoms with Crippen molar-refractivity contribution < 1.29 is 4.79 Å². The summed E-state index contributed by atoms with van der Waals surface area (Å²) >= 11 is 0. The first-order chi connectivity index (χ1) is 7.24. The van der Waals surface area contributed by atoms with E-state index in [1.807, 2.05) is 17.7 Å². The summed E-state index contributed by atoms with van der Waals surface area (Å²) in [4.78, 5) is 15.3. The molecule has 0 fully saturated rings. The van der Waals surface area contributed by atoms with Gasteiger partial charge in [-0.3, -0.25) is 4.79 Å². The highest BCUT2D eigenvalue weighted by molar-refractivity contribution is 5.75. The van der Waals surface area contributed by atoms with Crippen molar-refractivity contribution in [2.75, 3.05) is 6.54 Å². The standard InChI is InChI=1S/C11H17N3O/c1-3-4-5-11(15)13-7-9-14-8-6-12-10(14)2/h3,6,8H,1,4-5,7,9H2,2H3,(H,13,15). The Morgan fingerprint density at radius 3 is 3.13 bits per heavy atom. The monoisotopic (exact) mass is 207 g/mol. The van der Waals surface area contributed by atoms with E-state index in [-0.39, 0.29) is 5.91 Å². The van der Waals surface area contributed by atoms with Gasteiger partial charge in [-0.15, -0.1) is 6.58 Å². The molecule has 0 aromatic carbocycles. The minimum atomic E-state index is 0.0765. The van der Waals surface area contributed by atoms with E-state index in [0.29, 0.717) is 13.0 Å². The molecule has 0 unspecified atom stereocenters. The van der Waals surface area contributed by atoms with Crippen molar-refractivity contribution in [3.8, 4) is 0 Å². The van der Waals surface area contributed by atoms with Gasteiger partial charge in [0.2, 0.25) is 5.91 Å². The van der Waals surface area contributed by atoms with Crippen molar-refractivity contribution >= 4 is 5.91 Å². The molecule has 0 radical (unpaired) electrons. The number of carbonyl (C=O) groups is 1.